The van der Waals surface area contributed by atoms with E-state index in [1.807, 2.05) is 24.3 Å². The van der Waals surface area contributed by atoms with E-state index in [4.69, 9.17) is 32.7 Å². The van der Waals surface area contributed by atoms with Crippen molar-refractivity contribution in [3.05, 3.63) is 99.0 Å². The summed E-state index contributed by atoms with van der Waals surface area (Å²) in [5.41, 5.74) is 1.81. The Hall–Kier alpha value is -3.57. The molecule has 0 saturated carbocycles. The lowest BCUT2D eigenvalue weighted by atomic mass is 9.95. The van der Waals surface area contributed by atoms with E-state index in [0.29, 0.717) is 56.0 Å². The standard InChI is InChI=1S/C28H19Cl2N3O5S2/c29-18-7-4-15(5-8-18)14-39-28-32-31-27(40-28)33-23(16-2-1-3-19(30)12-16)22(25(35)26(33)36)24(34)17-6-9-20-21(13-17)38-11-10-37-20/h1-9,12-13,23,34H,10-11,14H2/b24-22-. The number of halogens is 2. The lowest BCUT2D eigenvalue weighted by molar-refractivity contribution is -0.132. The maximum Gasteiger partial charge on any atom is 0.301 e. The van der Waals surface area contributed by atoms with Crippen molar-refractivity contribution in [2.75, 3.05) is 18.1 Å². The summed E-state index contributed by atoms with van der Waals surface area (Å²) in [5, 5.41) is 21.2. The Kier molecular flexibility index (Phi) is 7.41. The Morgan fingerprint density at radius 3 is 2.52 bits per heavy atom. The number of aliphatic hydroxyl groups is 1. The smallest absolute Gasteiger partial charge is 0.301 e. The van der Waals surface area contributed by atoms with Gasteiger partial charge in [-0.1, -0.05) is 70.6 Å². The highest BCUT2D eigenvalue weighted by Gasteiger charge is 2.48. The van der Waals surface area contributed by atoms with E-state index in [1.54, 1.807) is 42.5 Å². The van der Waals surface area contributed by atoms with Crippen LogP contribution in [0.5, 0.6) is 11.5 Å². The Morgan fingerprint density at radius 2 is 1.75 bits per heavy atom. The van der Waals surface area contributed by atoms with E-state index in [0.717, 1.165) is 5.56 Å². The van der Waals surface area contributed by atoms with Crippen LogP contribution in [0.4, 0.5) is 5.13 Å². The lowest BCUT2D eigenvalue weighted by Crippen LogP contribution is -2.29. The first-order valence-electron chi connectivity index (χ1n) is 12.1. The molecular weight excluding hydrogens is 593 g/mol. The molecule has 1 unspecified atom stereocenters. The summed E-state index contributed by atoms with van der Waals surface area (Å²) in [7, 11) is 0. The van der Waals surface area contributed by atoms with Crippen LogP contribution in [-0.4, -0.2) is 40.2 Å². The van der Waals surface area contributed by atoms with Gasteiger partial charge in [0.25, 0.3) is 5.78 Å². The molecule has 1 aromatic heterocycles. The number of anilines is 1. The minimum Gasteiger partial charge on any atom is -0.507 e. The summed E-state index contributed by atoms with van der Waals surface area (Å²) in [5.74, 6) is -0.420. The summed E-state index contributed by atoms with van der Waals surface area (Å²) < 4.78 is 11.8. The van der Waals surface area contributed by atoms with Gasteiger partial charge in [0.1, 0.15) is 19.0 Å². The first-order valence-corrected chi connectivity index (χ1v) is 14.6. The average molecular weight is 613 g/mol. The second-order valence-corrected chi connectivity index (χ2v) is 11.9. The van der Waals surface area contributed by atoms with Gasteiger partial charge >= 0.3 is 5.91 Å². The number of amides is 1. The van der Waals surface area contributed by atoms with Crippen LogP contribution in [0.3, 0.4) is 0 Å². The van der Waals surface area contributed by atoms with Crippen LogP contribution in [0.25, 0.3) is 5.76 Å². The van der Waals surface area contributed by atoms with Crippen molar-refractivity contribution in [1.82, 2.24) is 10.2 Å². The minimum absolute atomic E-state index is 0.0884. The number of Topliss-reactive ketones (excluding diaryl/α,β-unsaturated/α-hetero) is 1. The van der Waals surface area contributed by atoms with Crippen LogP contribution in [-0.2, 0) is 15.3 Å². The van der Waals surface area contributed by atoms with Gasteiger partial charge in [0.15, 0.2) is 15.8 Å². The summed E-state index contributed by atoms with van der Waals surface area (Å²) in [6.45, 7) is 0.777. The topological polar surface area (TPSA) is 102 Å². The number of ether oxygens (including phenoxy) is 2. The van der Waals surface area contributed by atoms with Crippen molar-refractivity contribution >= 4 is 68.9 Å². The molecule has 2 aliphatic rings. The van der Waals surface area contributed by atoms with Gasteiger partial charge < -0.3 is 14.6 Å². The molecule has 3 aromatic carbocycles. The number of ketones is 1. The molecule has 0 spiro atoms. The summed E-state index contributed by atoms with van der Waals surface area (Å²) in [6.07, 6.45) is 0. The molecule has 6 rings (SSSR count). The van der Waals surface area contributed by atoms with Gasteiger partial charge in [0, 0.05) is 21.4 Å². The maximum absolute atomic E-state index is 13.4. The first-order chi connectivity index (χ1) is 19.4. The normalized spacial score (nSPS) is 17.9. The predicted octanol–water partition coefficient (Wildman–Crippen LogP) is 6.53. The lowest BCUT2D eigenvalue weighted by Gasteiger charge is -2.23. The van der Waals surface area contributed by atoms with E-state index < -0.39 is 17.7 Å². The van der Waals surface area contributed by atoms with Crippen LogP contribution < -0.4 is 14.4 Å². The van der Waals surface area contributed by atoms with Gasteiger partial charge in [-0.3, -0.25) is 14.5 Å². The van der Waals surface area contributed by atoms with Crippen molar-refractivity contribution in [1.29, 1.82) is 0 Å². The van der Waals surface area contributed by atoms with Gasteiger partial charge in [-0.15, -0.1) is 10.2 Å². The van der Waals surface area contributed by atoms with Gasteiger partial charge in [-0.2, -0.15) is 0 Å². The molecule has 1 atom stereocenters. The zero-order valence-corrected chi connectivity index (χ0v) is 23.7. The molecule has 1 N–H and O–H groups in total. The monoisotopic (exact) mass is 611 g/mol. The second-order valence-electron chi connectivity index (χ2n) is 8.85. The third kappa shape index (κ3) is 5.15. The highest BCUT2D eigenvalue weighted by molar-refractivity contribution is 8.00. The third-order valence-corrected chi connectivity index (χ3v) is 8.92. The number of thioether (sulfide) groups is 1. The van der Waals surface area contributed by atoms with Crippen molar-refractivity contribution in [3.63, 3.8) is 0 Å². The molecule has 40 heavy (non-hydrogen) atoms. The number of carbonyl (C=O) groups is 2. The predicted molar refractivity (Wildman–Crippen MR) is 155 cm³/mol. The highest BCUT2D eigenvalue weighted by atomic mass is 35.5. The van der Waals surface area contributed by atoms with Crippen LogP contribution >= 0.6 is 46.3 Å². The average Bonchev–Trinajstić information content (AvgIpc) is 3.54. The number of fused-ring (bicyclic) bond motifs is 1. The largest absolute Gasteiger partial charge is 0.507 e. The van der Waals surface area contributed by atoms with Crippen molar-refractivity contribution in [2.45, 2.75) is 16.1 Å². The molecule has 0 bridgehead atoms. The van der Waals surface area contributed by atoms with Crippen LogP contribution in [0.2, 0.25) is 10.0 Å². The van der Waals surface area contributed by atoms with Crippen LogP contribution in [0.15, 0.2) is 76.6 Å². The zero-order chi connectivity index (χ0) is 27.8. The number of benzene rings is 3. The Bertz CT molecular complexity index is 1660. The quantitative estimate of drug-likeness (QED) is 0.0862. The molecule has 1 amide bonds. The van der Waals surface area contributed by atoms with Gasteiger partial charge in [0.2, 0.25) is 5.13 Å². The van der Waals surface area contributed by atoms with Gasteiger partial charge in [0.05, 0.1) is 11.6 Å². The van der Waals surface area contributed by atoms with Crippen molar-refractivity contribution in [3.8, 4) is 11.5 Å². The SMILES string of the molecule is O=C1C(=O)N(c2nnc(SCc3ccc(Cl)cc3)s2)C(c2cccc(Cl)c2)/C1=C(/O)c1ccc2c(c1)OCCO2. The van der Waals surface area contributed by atoms with Crippen molar-refractivity contribution < 1.29 is 24.2 Å². The molecule has 202 valence electrons. The molecule has 1 saturated heterocycles. The highest BCUT2D eigenvalue weighted by Crippen LogP contribution is 2.45. The van der Waals surface area contributed by atoms with Crippen LogP contribution in [0.1, 0.15) is 22.7 Å². The molecule has 4 aromatic rings. The summed E-state index contributed by atoms with van der Waals surface area (Å²) >= 11 is 14.9. The van der Waals surface area contributed by atoms with E-state index >= 15 is 0 Å². The number of carbonyl (C=O) groups excluding carboxylic acids is 2. The maximum atomic E-state index is 13.4. The molecule has 3 heterocycles. The number of hydrogen-bond acceptors (Lipinski definition) is 9. The Morgan fingerprint density at radius 1 is 0.975 bits per heavy atom. The van der Waals surface area contributed by atoms with Gasteiger partial charge in [-0.05, 0) is 53.6 Å². The number of aliphatic hydroxyl groups excluding tert-OH is 1. The van der Waals surface area contributed by atoms with E-state index in [-0.39, 0.29) is 16.5 Å². The summed E-state index contributed by atoms with van der Waals surface area (Å²) in [6, 6.07) is 18.2. The number of hydrogen-bond donors (Lipinski definition) is 1. The molecule has 8 nitrogen and oxygen atoms in total. The minimum atomic E-state index is -0.978. The molecule has 2 aliphatic heterocycles. The number of aromatic nitrogens is 2. The van der Waals surface area contributed by atoms with E-state index in [1.165, 1.54) is 28.0 Å². The van der Waals surface area contributed by atoms with Gasteiger partial charge in [-0.25, -0.2) is 0 Å². The van der Waals surface area contributed by atoms with E-state index in [9.17, 15) is 14.7 Å². The number of rotatable bonds is 6. The van der Waals surface area contributed by atoms with E-state index in [2.05, 4.69) is 10.2 Å². The molecule has 12 heteroatoms. The zero-order valence-electron chi connectivity index (χ0n) is 20.5. The molecule has 0 aliphatic carbocycles. The fourth-order valence-corrected chi connectivity index (χ4v) is 6.60. The Balaban J connectivity index is 1.38. The second kappa shape index (κ2) is 11.1. The summed E-state index contributed by atoms with van der Waals surface area (Å²) in [4.78, 5) is 28.2. The first kappa shape index (κ1) is 26.6. The molecule has 0 radical (unpaired) electrons. The Labute approximate surface area is 247 Å². The molecule has 1 fully saturated rings. The fraction of sp³-hybridized carbons (Fsp3) is 0.143. The van der Waals surface area contributed by atoms with Crippen molar-refractivity contribution in [2.24, 2.45) is 0 Å². The number of nitrogens with zero attached hydrogens (tertiary/aromatic N) is 3. The fourth-order valence-electron chi connectivity index (χ4n) is 4.45. The van der Waals surface area contributed by atoms with Crippen LogP contribution in [0, 0.1) is 0 Å². The molecular formula is C28H19Cl2N3O5S2. The third-order valence-electron chi connectivity index (χ3n) is 6.30.